The van der Waals surface area contributed by atoms with Crippen LogP contribution < -0.4 is 4.90 Å². The Hall–Kier alpha value is -1.93. The van der Waals surface area contributed by atoms with Gasteiger partial charge in [-0.3, -0.25) is 9.59 Å². The van der Waals surface area contributed by atoms with Crippen LogP contribution in [0.3, 0.4) is 0 Å². The van der Waals surface area contributed by atoms with Crippen molar-refractivity contribution in [1.82, 2.24) is 4.31 Å². The third kappa shape index (κ3) is 2.61. The Balaban J connectivity index is 1.66. The molecule has 0 aromatic heterocycles. The van der Waals surface area contributed by atoms with E-state index in [4.69, 9.17) is 0 Å². The van der Waals surface area contributed by atoms with Crippen molar-refractivity contribution in [2.45, 2.75) is 50.5 Å². The fourth-order valence-electron chi connectivity index (χ4n) is 5.17. The van der Waals surface area contributed by atoms with Crippen LogP contribution in [0, 0.1) is 11.3 Å². The zero-order valence-corrected chi connectivity index (χ0v) is 16.3. The number of fused-ring (bicyclic) bond motifs is 2. The number of carboxylic acids is 1. The average molecular weight is 392 g/mol. The number of rotatable bonds is 3. The molecule has 4 rings (SSSR count). The van der Waals surface area contributed by atoms with E-state index in [1.54, 1.807) is 17.0 Å². The van der Waals surface area contributed by atoms with Crippen molar-refractivity contribution in [2.24, 2.45) is 11.3 Å². The number of carbonyl (C=O) groups is 2. The number of amides is 1. The van der Waals surface area contributed by atoms with Gasteiger partial charge < -0.3 is 10.0 Å². The second kappa shape index (κ2) is 6.04. The van der Waals surface area contributed by atoms with Gasteiger partial charge in [0.15, 0.2) is 0 Å². The van der Waals surface area contributed by atoms with Crippen molar-refractivity contribution in [1.29, 1.82) is 0 Å². The second-order valence-electron chi connectivity index (χ2n) is 8.08. The molecule has 1 unspecified atom stereocenters. The van der Waals surface area contributed by atoms with E-state index in [9.17, 15) is 23.1 Å². The van der Waals surface area contributed by atoms with Crippen molar-refractivity contribution in [3.05, 3.63) is 23.8 Å². The summed E-state index contributed by atoms with van der Waals surface area (Å²) in [5.41, 5.74) is 0.657. The number of carboxylic acid groups (broad SMARTS) is 1. The first-order valence-electron chi connectivity index (χ1n) is 9.33. The summed E-state index contributed by atoms with van der Waals surface area (Å²) in [6.45, 7) is 3.75. The van der Waals surface area contributed by atoms with Gasteiger partial charge in [-0.25, -0.2) is 8.42 Å². The summed E-state index contributed by atoms with van der Waals surface area (Å²) in [6.07, 6.45) is 2.74. The minimum Gasteiger partial charge on any atom is -0.481 e. The number of hydrogen-bond donors (Lipinski definition) is 1. The van der Waals surface area contributed by atoms with Crippen LogP contribution in [0.1, 0.15) is 38.7 Å². The predicted molar refractivity (Wildman–Crippen MR) is 98.9 cm³/mol. The number of nitrogens with zero attached hydrogens (tertiary/aromatic N) is 2. The third-order valence-electron chi connectivity index (χ3n) is 6.51. The first-order valence-corrected chi connectivity index (χ1v) is 10.8. The summed E-state index contributed by atoms with van der Waals surface area (Å²) in [7, 11) is -3.76. The molecular weight excluding hydrogens is 368 g/mol. The zero-order valence-electron chi connectivity index (χ0n) is 15.5. The van der Waals surface area contributed by atoms with Crippen LogP contribution in [-0.4, -0.2) is 48.8 Å². The van der Waals surface area contributed by atoms with E-state index in [2.05, 4.69) is 0 Å². The molecule has 1 N–H and O–H groups in total. The Labute approximate surface area is 159 Å². The van der Waals surface area contributed by atoms with E-state index in [1.165, 1.54) is 17.3 Å². The fourth-order valence-corrected chi connectivity index (χ4v) is 6.78. The zero-order chi connectivity index (χ0) is 19.6. The molecule has 7 nitrogen and oxygen atoms in total. The van der Waals surface area contributed by atoms with Gasteiger partial charge in [-0.05, 0) is 55.9 Å². The largest absolute Gasteiger partial charge is 0.481 e. The smallest absolute Gasteiger partial charge is 0.311 e. The molecule has 1 aromatic carbocycles. The molecule has 1 aliphatic carbocycles. The Morgan fingerprint density at radius 1 is 1.30 bits per heavy atom. The lowest BCUT2D eigenvalue weighted by Crippen LogP contribution is -2.37. The predicted octanol–water partition coefficient (Wildman–Crippen LogP) is 1.86. The standard InChI is InChI=1S/C19H24N2O5S/c1-12-8-14-9-16(5-6-17(14)21(12)13(2)22)27(25,26)20-10-15-4-3-7-19(15,11-20)18(23)24/h5-6,9,12,15H,3-4,7-8,10-11H2,1-2H3,(H,23,24)/t12?,15-,19+/m0/s1. The monoisotopic (exact) mass is 392 g/mol. The Morgan fingerprint density at radius 3 is 2.67 bits per heavy atom. The number of benzene rings is 1. The molecule has 0 bridgehead atoms. The van der Waals surface area contributed by atoms with Crippen LogP contribution >= 0.6 is 0 Å². The van der Waals surface area contributed by atoms with Gasteiger partial charge >= 0.3 is 5.97 Å². The van der Waals surface area contributed by atoms with E-state index in [0.29, 0.717) is 12.8 Å². The lowest BCUT2D eigenvalue weighted by molar-refractivity contribution is -0.149. The molecule has 0 spiro atoms. The Kier molecular flexibility index (Phi) is 4.12. The molecule has 1 amide bonds. The molecule has 3 atom stereocenters. The van der Waals surface area contributed by atoms with Gasteiger partial charge in [0.05, 0.1) is 10.3 Å². The highest BCUT2D eigenvalue weighted by molar-refractivity contribution is 7.89. The van der Waals surface area contributed by atoms with Crippen molar-refractivity contribution in [2.75, 3.05) is 18.0 Å². The molecular formula is C19H24N2O5S. The molecule has 1 saturated carbocycles. The summed E-state index contributed by atoms with van der Waals surface area (Å²) in [5.74, 6) is -1.07. The van der Waals surface area contributed by atoms with Crippen molar-refractivity contribution in [3.8, 4) is 0 Å². The van der Waals surface area contributed by atoms with E-state index in [1.807, 2.05) is 6.92 Å². The summed E-state index contributed by atoms with van der Waals surface area (Å²) in [6, 6.07) is 4.86. The van der Waals surface area contributed by atoms with Gasteiger partial charge in [0.1, 0.15) is 0 Å². The van der Waals surface area contributed by atoms with Crippen LogP contribution in [-0.2, 0) is 26.0 Å². The first kappa shape index (κ1) is 18.4. The molecule has 8 heteroatoms. The van der Waals surface area contributed by atoms with E-state index < -0.39 is 21.4 Å². The maximum absolute atomic E-state index is 13.2. The molecule has 1 saturated heterocycles. The molecule has 0 radical (unpaired) electrons. The molecule has 146 valence electrons. The quantitative estimate of drug-likeness (QED) is 0.847. The first-order chi connectivity index (χ1) is 12.7. The molecule has 27 heavy (non-hydrogen) atoms. The number of carbonyl (C=O) groups excluding carboxylic acids is 1. The maximum atomic E-state index is 13.2. The van der Waals surface area contributed by atoms with Crippen molar-refractivity contribution >= 4 is 27.6 Å². The normalized spacial score (nSPS) is 30.4. The maximum Gasteiger partial charge on any atom is 0.311 e. The third-order valence-corrected chi connectivity index (χ3v) is 8.32. The van der Waals surface area contributed by atoms with Gasteiger partial charge in [0, 0.05) is 31.7 Å². The van der Waals surface area contributed by atoms with Crippen LogP contribution in [0.15, 0.2) is 23.1 Å². The van der Waals surface area contributed by atoms with Crippen LogP contribution in [0.5, 0.6) is 0 Å². The highest BCUT2D eigenvalue weighted by Crippen LogP contribution is 2.50. The van der Waals surface area contributed by atoms with Crippen molar-refractivity contribution in [3.63, 3.8) is 0 Å². The lowest BCUT2D eigenvalue weighted by Gasteiger charge is -2.23. The van der Waals surface area contributed by atoms with Crippen LogP contribution in [0.2, 0.25) is 0 Å². The van der Waals surface area contributed by atoms with Gasteiger partial charge in [-0.1, -0.05) is 6.42 Å². The molecule has 2 heterocycles. The topological polar surface area (TPSA) is 95.0 Å². The van der Waals surface area contributed by atoms with Crippen LogP contribution in [0.4, 0.5) is 5.69 Å². The summed E-state index contributed by atoms with van der Waals surface area (Å²) >= 11 is 0. The second-order valence-corrected chi connectivity index (χ2v) is 10.0. The highest BCUT2D eigenvalue weighted by Gasteiger charge is 2.57. The summed E-state index contributed by atoms with van der Waals surface area (Å²) in [5, 5.41) is 9.71. The molecule has 2 aliphatic heterocycles. The minimum atomic E-state index is -3.76. The Bertz CT molecular complexity index is 928. The highest BCUT2D eigenvalue weighted by atomic mass is 32.2. The SMILES string of the molecule is CC(=O)N1c2ccc(S(=O)(=O)N3C[C@@H]4CCC[C@@]4(C(=O)O)C3)cc2CC1C. The lowest BCUT2D eigenvalue weighted by atomic mass is 9.81. The van der Waals surface area contributed by atoms with Crippen LogP contribution in [0.25, 0.3) is 0 Å². The molecule has 1 aromatic rings. The number of hydrogen-bond acceptors (Lipinski definition) is 4. The van der Waals surface area contributed by atoms with Gasteiger partial charge in [-0.2, -0.15) is 4.31 Å². The van der Waals surface area contributed by atoms with E-state index in [-0.39, 0.29) is 35.9 Å². The summed E-state index contributed by atoms with van der Waals surface area (Å²) < 4.78 is 27.7. The van der Waals surface area contributed by atoms with Gasteiger partial charge in [0.25, 0.3) is 0 Å². The fraction of sp³-hybridized carbons (Fsp3) is 0.579. The number of anilines is 1. The average Bonchev–Trinajstić information content (AvgIpc) is 3.23. The van der Waals surface area contributed by atoms with Gasteiger partial charge in [-0.15, -0.1) is 0 Å². The minimum absolute atomic E-state index is 0.00289. The number of sulfonamides is 1. The molecule has 3 aliphatic rings. The Morgan fingerprint density at radius 2 is 2.04 bits per heavy atom. The molecule has 2 fully saturated rings. The van der Waals surface area contributed by atoms with E-state index >= 15 is 0 Å². The van der Waals surface area contributed by atoms with Gasteiger partial charge in [0.2, 0.25) is 15.9 Å². The summed E-state index contributed by atoms with van der Waals surface area (Å²) in [4.78, 5) is 25.6. The number of aliphatic carboxylic acids is 1. The van der Waals surface area contributed by atoms with Crippen molar-refractivity contribution < 1.29 is 23.1 Å². The van der Waals surface area contributed by atoms with E-state index in [0.717, 1.165) is 24.1 Å².